The standard InChI is InChI=1S/C15H21FN2O4/c1-3-10-6-11(8-12(16)7-10)14(19)18-9-13(17)15(20)22-5-4-21-2/h6-8,13H,3-5,9,17H2,1-2H3,(H,18,19)/t13-/m1/s1. The van der Waals surface area contributed by atoms with E-state index in [9.17, 15) is 14.0 Å². The first-order chi connectivity index (χ1) is 10.5. The molecule has 0 aromatic heterocycles. The van der Waals surface area contributed by atoms with E-state index in [4.69, 9.17) is 15.2 Å². The Morgan fingerprint density at radius 1 is 1.32 bits per heavy atom. The van der Waals surface area contributed by atoms with Crippen molar-refractivity contribution in [2.45, 2.75) is 19.4 Å². The third-order valence-electron chi connectivity index (χ3n) is 2.95. The molecule has 0 aliphatic heterocycles. The Morgan fingerprint density at radius 3 is 2.68 bits per heavy atom. The lowest BCUT2D eigenvalue weighted by molar-refractivity contribution is -0.146. The molecular formula is C15H21FN2O4. The van der Waals surface area contributed by atoms with Crippen molar-refractivity contribution in [3.8, 4) is 0 Å². The van der Waals surface area contributed by atoms with Gasteiger partial charge in [-0.2, -0.15) is 0 Å². The van der Waals surface area contributed by atoms with Crippen LogP contribution in [0.25, 0.3) is 0 Å². The van der Waals surface area contributed by atoms with Crippen LogP contribution in [0, 0.1) is 5.82 Å². The Bertz CT molecular complexity index is 522. The second-order valence-electron chi connectivity index (χ2n) is 4.68. The van der Waals surface area contributed by atoms with Gasteiger partial charge in [0.1, 0.15) is 18.5 Å². The molecule has 3 N–H and O–H groups in total. The fraction of sp³-hybridized carbons (Fsp3) is 0.467. The molecule has 1 atom stereocenters. The van der Waals surface area contributed by atoms with Crippen LogP contribution in [0.15, 0.2) is 18.2 Å². The average molecular weight is 312 g/mol. The minimum Gasteiger partial charge on any atom is -0.462 e. The van der Waals surface area contributed by atoms with E-state index in [0.717, 1.165) is 6.07 Å². The molecule has 0 aliphatic rings. The van der Waals surface area contributed by atoms with Crippen molar-refractivity contribution in [1.29, 1.82) is 0 Å². The number of carbonyl (C=O) groups excluding carboxylic acids is 2. The summed E-state index contributed by atoms with van der Waals surface area (Å²) < 4.78 is 23.0. The molecule has 122 valence electrons. The summed E-state index contributed by atoms with van der Waals surface area (Å²) in [5.74, 6) is -1.60. The minimum atomic E-state index is -0.986. The van der Waals surface area contributed by atoms with Crippen LogP contribution in [0.1, 0.15) is 22.8 Å². The van der Waals surface area contributed by atoms with Crippen LogP contribution in [-0.2, 0) is 20.7 Å². The molecule has 0 unspecified atom stereocenters. The molecule has 0 spiro atoms. The molecule has 0 aliphatic carbocycles. The summed E-state index contributed by atoms with van der Waals surface area (Å²) in [5.41, 5.74) is 6.52. The van der Waals surface area contributed by atoms with Gasteiger partial charge in [-0.25, -0.2) is 4.39 Å². The number of ether oxygens (including phenoxy) is 2. The fourth-order valence-electron chi connectivity index (χ4n) is 1.71. The lowest BCUT2D eigenvalue weighted by Gasteiger charge is -2.12. The van der Waals surface area contributed by atoms with Crippen molar-refractivity contribution >= 4 is 11.9 Å². The number of hydrogen-bond acceptors (Lipinski definition) is 5. The van der Waals surface area contributed by atoms with Gasteiger partial charge in [0.25, 0.3) is 5.91 Å². The zero-order valence-corrected chi connectivity index (χ0v) is 12.7. The monoisotopic (exact) mass is 312 g/mol. The molecule has 0 saturated heterocycles. The maximum Gasteiger partial charge on any atom is 0.324 e. The molecular weight excluding hydrogens is 291 g/mol. The van der Waals surface area contributed by atoms with Gasteiger partial charge < -0.3 is 20.5 Å². The van der Waals surface area contributed by atoms with Crippen LogP contribution in [0.4, 0.5) is 4.39 Å². The number of nitrogens with one attached hydrogen (secondary N) is 1. The topological polar surface area (TPSA) is 90.7 Å². The Kier molecular flexibility index (Phi) is 7.48. The van der Waals surface area contributed by atoms with Crippen molar-refractivity contribution in [3.63, 3.8) is 0 Å². The quantitative estimate of drug-likeness (QED) is 0.543. The molecule has 1 aromatic rings. The molecule has 6 nitrogen and oxygen atoms in total. The highest BCUT2D eigenvalue weighted by molar-refractivity contribution is 5.94. The van der Waals surface area contributed by atoms with Gasteiger partial charge in [-0.05, 0) is 30.2 Å². The summed E-state index contributed by atoms with van der Waals surface area (Å²) in [4.78, 5) is 23.5. The number of hydrogen-bond donors (Lipinski definition) is 2. The molecule has 0 saturated carbocycles. The van der Waals surface area contributed by atoms with E-state index < -0.39 is 23.7 Å². The van der Waals surface area contributed by atoms with Gasteiger partial charge in [0.05, 0.1) is 6.61 Å². The second kappa shape index (κ2) is 9.11. The van der Waals surface area contributed by atoms with Gasteiger partial charge in [0.15, 0.2) is 0 Å². The van der Waals surface area contributed by atoms with Gasteiger partial charge in [-0.1, -0.05) is 6.92 Å². The molecule has 1 amide bonds. The summed E-state index contributed by atoms with van der Waals surface area (Å²) in [5, 5.41) is 2.49. The highest BCUT2D eigenvalue weighted by atomic mass is 19.1. The van der Waals surface area contributed by atoms with Crippen molar-refractivity contribution in [2.24, 2.45) is 5.73 Å². The number of nitrogens with two attached hydrogens (primary N) is 1. The molecule has 0 fully saturated rings. The van der Waals surface area contributed by atoms with E-state index in [-0.39, 0.29) is 25.3 Å². The van der Waals surface area contributed by atoms with Crippen LogP contribution in [0.5, 0.6) is 0 Å². The Hall–Kier alpha value is -1.99. The third-order valence-corrected chi connectivity index (χ3v) is 2.95. The van der Waals surface area contributed by atoms with Crippen molar-refractivity contribution in [2.75, 3.05) is 26.9 Å². The van der Waals surface area contributed by atoms with Crippen LogP contribution in [0.2, 0.25) is 0 Å². The number of esters is 1. The number of aryl methyl sites for hydroxylation is 1. The number of benzene rings is 1. The minimum absolute atomic E-state index is 0.0946. The lowest BCUT2D eigenvalue weighted by atomic mass is 10.1. The predicted octanol–water partition coefficient (Wildman–Crippen LogP) is 0.635. The normalized spacial score (nSPS) is 11.8. The van der Waals surface area contributed by atoms with E-state index in [1.807, 2.05) is 6.92 Å². The van der Waals surface area contributed by atoms with Gasteiger partial charge >= 0.3 is 5.97 Å². The Labute approximate surface area is 128 Å². The van der Waals surface area contributed by atoms with Crippen molar-refractivity contribution in [3.05, 3.63) is 35.1 Å². The van der Waals surface area contributed by atoms with Crippen LogP contribution in [-0.4, -0.2) is 44.8 Å². The molecule has 0 bridgehead atoms. The third kappa shape index (κ3) is 5.79. The van der Waals surface area contributed by atoms with Crippen LogP contribution < -0.4 is 11.1 Å². The van der Waals surface area contributed by atoms with Gasteiger partial charge in [0, 0.05) is 19.2 Å². The highest BCUT2D eigenvalue weighted by Crippen LogP contribution is 2.10. The largest absolute Gasteiger partial charge is 0.462 e. The number of halogens is 1. The summed E-state index contributed by atoms with van der Waals surface area (Å²) >= 11 is 0. The second-order valence-corrected chi connectivity index (χ2v) is 4.68. The summed E-state index contributed by atoms with van der Waals surface area (Å²) in [6.07, 6.45) is 0.614. The molecule has 0 radical (unpaired) electrons. The number of carbonyl (C=O) groups is 2. The van der Waals surface area contributed by atoms with E-state index >= 15 is 0 Å². The van der Waals surface area contributed by atoms with Gasteiger partial charge in [-0.15, -0.1) is 0 Å². The molecule has 1 aromatic carbocycles. The first-order valence-electron chi connectivity index (χ1n) is 6.96. The predicted molar refractivity (Wildman–Crippen MR) is 78.9 cm³/mol. The first-order valence-corrected chi connectivity index (χ1v) is 6.96. The summed E-state index contributed by atoms with van der Waals surface area (Å²) in [6, 6.07) is 3.12. The molecule has 7 heteroatoms. The van der Waals surface area contributed by atoms with Gasteiger partial charge in [0.2, 0.25) is 0 Å². The van der Waals surface area contributed by atoms with E-state index in [1.165, 1.54) is 13.2 Å². The van der Waals surface area contributed by atoms with E-state index in [1.54, 1.807) is 6.07 Å². The number of amides is 1. The van der Waals surface area contributed by atoms with Crippen molar-refractivity contribution < 1.29 is 23.5 Å². The van der Waals surface area contributed by atoms with Crippen LogP contribution in [0.3, 0.4) is 0 Å². The SMILES string of the molecule is CCc1cc(F)cc(C(=O)NC[C@@H](N)C(=O)OCCOC)c1. The van der Waals surface area contributed by atoms with Gasteiger partial charge in [-0.3, -0.25) is 9.59 Å². The molecule has 22 heavy (non-hydrogen) atoms. The Morgan fingerprint density at radius 2 is 2.05 bits per heavy atom. The highest BCUT2D eigenvalue weighted by Gasteiger charge is 2.17. The fourth-order valence-corrected chi connectivity index (χ4v) is 1.71. The maximum atomic E-state index is 13.4. The molecule has 1 rings (SSSR count). The summed E-state index contributed by atoms with van der Waals surface area (Å²) in [7, 11) is 1.48. The van der Waals surface area contributed by atoms with Crippen LogP contribution >= 0.6 is 0 Å². The van der Waals surface area contributed by atoms with E-state index in [2.05, 4.69) is 5.32 Å². The Balaban J connectivity index is 2.51. The first kappa shape index (κ1) is 18.1. The van der Waals surface area contributed by atoms with E-state index in [0.29, 0.717) is 12.0 Å². The lowest BCUT2D eigenvalue weighted by Crippen LogP contribution is -2.43. The summed E-state index contributed by atoms with van der Waals surface area (Å²) in [6.45, 7) is 2.14. The molecule has 0 heterocycles. The zero-order valence-electron chi connectivity index (χ0n) is 12.7. The smallest absolute Gasteiger partial charge is 0.324 e. The average Bonchev–Trinajstić information content (AvgIpc) is 2.51. The van der Waals surface area contributed by atoms with Crippen molar-refractivity contribution in [1.82, 2.24) is 5.32 Å². The zero-order chi connectivity index (χ0) is 16.5. The number of rotatable bonds is 8. The number of methoxy groups -OCH3 is 1. The maximum absolute atomic E-state index is 13.4.